The zero-order valence-electron chi connectivity index (χ0n) is 25.6. The van der Waals surface area contributed by atoms with Crippen LogP contribution in [0.25, 0.3) is 11.1 Å². The Bertz CT molecular complexity index is 1310. The number of nitrogens with zero attached hydrogens (tertiary/aromatic N) is 1. The van der Waals surface area contributed by atoms with Crippen LogP contribution < -0.4 is 15.4 Å². The average Bonchev–Trinajstić information content (AvgIpc) is 3.36. The lowest BCUT2D eigenvalue weighted by molar-refractivity contribution is -0.183. The zero-order valence-corrected chi connectivity index (χ0v) is 25.6. The number of hydrogen-bond donors (Lipinski definition) is 4. The van der Waals surface area contributed by atoms with Gasteiger partial charge in [-0.25, -0.2) is 0 Å². The summed E-state index contributed by atoms with van der Waals surface area (Å²) in [5.41, 5.74) is 5.71. The van der Waals surface area contributed by atoms with Crippen LogP contribution in [0.3, 0.4) is 0 Å². The van der Waals surface area contributed by atoms with Crippen molar-refractivity contribution >= 4 is 11.6 Å². The van der Waals surface area contributed by atoms with E-state index in [4.69, 9.17) is 9.57 Å². The van der Waals surface area contributed by atoms with Crippen molar-refractivity contribution in [3.63, 3.8) is 0 Å². The van der Waals surface area contributed by atoms with Crippen LogP contribution in [0.4, 0.5) is 5.69 Å². The second-order valence-corrected chi connectivity index (χ2v) is 13.6. The topological polar surface area (TPSA) is 103 Å². The number of hydroxylamine groups is 2. The Morgan fingerprint density at radius 2 is 1.98 bits per heavy atom. The van der Waals surface area contributed by atoms with E-state index >= 15 is 0 Å². The number of carbonyl (C=O) groups is 1. The van der Waals surface area contributed by atoms with Crippen molar-refractivity contribution in [3.05, 3.63) is 47.5 Å². The van der Waals surface area contributed by atoms with Crippen molar-refractivity contribution in [2.75, 3.05) is 25.6 Å². The molecule has 2 aliphatic heterocycles. The number of hydrogen-bond acceptors (Lipinski definition) is 7. The number of aliphatic hydroxyl groups is 2. The molecule has 0 radical (unpaired) electrons. The molecule has 2 heterocycles. The summed E-state index contributed by atoms with van der Waals surface area (Å²) in [6.07, 6.45) is 2.83. The summed E-state index contributed by atoms with van der Waals surface area (Å²) in [5.74, 6) is 1.60. The van der Waals surface area contributed by atoms with Crippen LogP contribution >= 0.6 is 0 Å². The van der Waals surface area contributed by atoms with E-state index in [-0.39, 0.29) is 25.1 Å². The van der Waals surface area contributed by atoms with Gasteiger partial charge in [-0.05, 0) is 61.3 Å². The molecule has 7 rings (SSSR count). The number of ether oxygens (including phenoxy) is 1. The van der Waals surface area contributed by atoms with E-state index in [1.807, 2.05) is 12.1 Å². The van der Waals surface area contributed by atoms with Gasteiger partial charge in [0.15, 0.2) is 0 Å². The first kappa shape index (κ1) is 29.4. The van der Waals surface area contributed by atoms with E-state index in [2.05, 4.69) is 55.7 Å². The molecule has 5 aliphatic rings. The summed E-state index contributed by atoms with van der Waals surface area (Å²) in [6, 6.07) is 11.8. The highest BCUT2D eigenvalue weighted by atomic mass is 16.7. The van der Waals surface area contributed by atoms with E-state index in [1.54, 1.807) is 19.1 Å². The van der Waals surface area contributed by atoms with Crippen molar-refractivity contribution in [3.8, 4) is 16.9 Å². The lowest BCUT2D eigenvalue weighted by Crippen LogP contribution is -2.62. The second kappa shape index (κ2) is 11.5. The van der Waals surface area contributed by atoms with Crippen molar-refractivity contribution < 1.29 is 24.6 Å². The minimum atomic E-state index is -0.839. The van der Waals surface area contributed by atoms with Gasteiger partial charge in [-0.3, -0.25) is 9.63 Å². The van der Waals surface area contributed by atoms with E-state index in [9.17, 15) is 15.0 Å². The number of fused-ring (bicyclic) bond motifs is 3. The predicted molar refractivity (Wildman–Crippen MR) is 163 cm³/mol. The van der Waals surface area contributed by atoms with Gasteiger partial charge in [0.2, 0.25) is 5.91 Å². The number of anilines is 1. The molecule has 8 nitrogen and oxygen atoms in total. The maximum absolute atomic E-state index is 14.1. The van der Waals surface area contributed by atoms with E-state index in [0.717, 1.165) is 53.9 Å². The SMILES string of the molecule is COc1c(CN2O[C@@H](CO)[C@H]([C@H](C)O)[C@H]2C(=O)N[C@H]2C[C@H]3C[C@@H]([C@@H]2C)C3(C)C)cccc1-c1cccc2c1NCCC2. The van der Waals surface area contributed by atoms with Crippen LogP contribution in [-0.4, -0.2) is 65.7 Å². The molecular formula is C34H47N3O5. The number of methoxy groups -OCH3 is 1. The Labute approximate surface area is 249 Å². The minimum Gasteiger partial charge on any atom is -0.496 e. The number of nitrogens with one attached hydrogen (secondary N) is 2. The van der Waals surface area contributed by atoms with Gasteiger partial charge in [-0.15, -0.1) is 0 Å². The Kier molecular flexibility index (Phi) is 8.02. The molecular weight excluding hydrogens is 530 g/mol. The fourth-order valence-corrected chi connectivity index (χ4v) is 8.55. The van der Waals surface area contributed by atoms with E-state index < -0.39 is 24.2 Å². The van der Waals surface area contributed by atoms with Crippen LogP contribution in [0, 0.1) is 29.1 Å². The molecule has 2 aromatic rings. The van der Waals surface area contributed by atoms with Gasteiger partial charge in [-0.1, -0.05) is 57.2 Å². The van der Waals surface area contributed by atoms with Crippen LogP contribution in [-0.2, 0) is 22.6 Å². The van der Waals surface area contributed by atoms with E-state index in [1.165, 1.54) is 12.0 Å². The van der Waals surface area contributed by atoms with Gasteiger partial charge in [0.25, 0.3) is 0 Å². The number of amides is 1. The molecule has 2 bridgehead atoms. The van der Waals surface area contributed by atoms with Crippen molar-refractivity contribution in [2.24, 2.45) is 29.1 Å². The quantitative estimate of drug-likeness (QED) is 0.369. The van der Waals surface area contributed by atoms with Gasteiger partial charge in [0.1, 0.15) is 17.9 Å². The minimum absolute atomic E-state index is 0.0913. The Morgan fingerprint density at radius 1 is 1.21 bits per heavy atom. The molecule has 228 valence electrons. The van der Waals surface area contributed by atoms with Gasteiger partial charge >= 0.3 is 0 Å². The van der Waals surface area contributed by atoms with Gasteiger partial charge in [0.05, 0.1) is 26.4 Å². The highest BCUT2D eigenvalue weighted by molar-refractivity contribution is 5.85. The first-order chi connectivity index (χ1) is 20.1. The molecule has 42 heavy (non-hydrogen) atoms. The number of aliphatic hydroxyl groups excluding tert-OH is 2. The summed E-state index contributed by atoms with van der Waals surface area (Å²) in [7, 11) is 1.67. The average molecular weight is 578 g/mol. The molecule has 8 heteroatoms. The zero-order chi connectivity index (χ0) is 29.8. The maximum Gasteiger partial charge on any atom is 0.240 e. The summed E-state index contributed by atoms with van der Waals surface area (Å²) < 4.78 is 6.02. The first-order valence-electron chi connectivity index (χ1n) is 15.7. The van der Waals surface area contributed by atoms with Gasteiger partial charge < -0.3 is 25.6 Å². The highest BCUT2D eigenvalue weighted by Gasteiger charge is 2.57. The Hall–Kier alpha value is -2.65. The number of aryl methyl sites for hydroxylation is 1. The summed E-state index contributed by atoms with van der Waals surface area (Å²) in [6.45, 7) is 9.56. The lowest BCUT2D eigenvalue weighted by Gasteiger charge is -2.62. The number of rotatable bonds is 8. The standard InChI is InChI=1S/C34H47N3O5/c1-19-26-15-23(34(26,3)4)16-27(19)36-33(40)31-29(20(2)39)28(18-38)42-37(31)17-22-10-7-13-25(32(22)41-5)24-12-6-9-21-11-8-14-35-30(21)24/h6-7,9-10,12-13,19-20,23,26-29,31,35,38-39H,8,11,14-18H2,1-5H3,(H,36,40)/t19-,20-,23+,26-,27-,28-,29-,31-/m0/s1. The summed E-state index contributed by atoms with van der Waals surface area (Å²) in [5, 5.41) is 29.6. The third kappa shape index (κ3) is 4.90. The molecule has 0 aromatic heterocycles. The monoisotopic (exact) mass is 577 g/mol. The molecule has 3 saturated carbocycles. The smallest absolute Gasteiger partial charge is 0.240 e. The second-order valence-electron chi connectivity index (χ2n) is 13.6. The summed E-state index contributed by atoms with van der Waals surface area (Å²) >= 11 is 0. The number of para-hydroxylation sites is 2. The maximum atomic E-state index is 14.1. The molecule has 1 saturated heterocycles. The molecule has 3 aliphatic carbocycles. The Balaban J connectivity index is 1.29. The van der Waals surface area contributed by atoms with Crippen LogP contribution in [0.1, 0.15) is 58.1 Å². The van der Waals surface area contributed by atoms with Gasteiger partial charge in [-0.2, -0.15) is 5.06 Å². The molecule has 8 atom stereocenters. The third-order valence-electron chi connectivity index (χ3n) is 11.1. The Morgan fingerprint density at radius 3 is 2.67 bits per heavy atom. The largest absolute Gasteiger partial charge is 0.496 e. The predicted octanol–water partition coefficient (Wildman–Crippen LogP) is 4.38. The molecule has 4 fully saturated rings. The van der Waals surface area contributed by atoms with Crippen LogP contribution in [0.15, 0.2) is 36.4 Å². The van der Waals surface area contributed by atoms with Crippen LogP contribution in [0.2, 0.25) is 0 Å². The molecule has 0 unspecified atom stereocenters. The first-order valence-corrected chi connectivity index (χ1v) is 15.7. The highest BCUT2D eigenvalue weighted by Crippen LogP contribution is 2.61. The fourth-order valence-electron chi connectivity index (χ4n) is 8.55. The summed E-state index contributed by atoms with van der Waals surface area (Å²) in [4.78, 5) is 20.3. The fraction of sp³-hybridized carbons (Fsp3) is 0.618. The van der Waals surface area contributed by atoms with Crippen molar-refractivity contribution in [1.82, 2.24) is 10.4 Å². The number of benzene rings is 2. The molecule has 1 amide bonds. The molecule has 2 aromatic carbocycles. The van der Waals surface area contributed by atoms with Crippen molar-refractivity contribution in [2.45, 2.75) is 84.2 Å². The van der Waals surface area contributed by atoms with Crippen LogP contribution in [0.5, 0.6) is 5.75 Å². The normalized spacial score (nSPS) is 32.3. The third-order valence-corrected chi connectivity index (χ3v) is 11.1. The van der Waals surface area contributed by atoms with Crippen molar-refractivity contribution in [1.29, 1.82) is 0 Å². The van der Waals surface area contributed by atoms with Gasteiger partial charge in [0, 0.05) is 40.9 Å². The number of carbonyl (C=O) groups excluding carboxylic acids is 1. The molecule has 0 spiro atoms. The lowest BCUT2D eigenvalue weighted by atomic mass is 9.45. The molecule has 4 N–H and O–H groups in total. The van der Waals surface area contributed by atoms with E-state index in [0.29, 0.717) is 23.2 Å².